The molecule has 1 saturated heterocycles. The van der Waals surface area contributed by atoms with Gasteiger partial charge in [-0.25, -0.2) is 9.18 Å². The average molecular weight is 342 g/mol. The van der Waals surface area contributed by atoms with Crippen LogP contribution in [-0.4, -0.2) is 48.1 Å². The first-order valence-electron chi connectivity index (χ1n) is 8.14. The first kappa shape index (κ1) is 17.0. The fourth-order valence-electron chi connectivity index (χ4n) is 3.02. The molecule has 3 rings (SSSR count). The molecule has 0 aliphatic carbocycles. The van der Waals surface area contributed by atoms with Crippen LogP contribution in [-0.2, 0) is 11.2 Å². The van der Waals surface area contributed by atoms with E-state index in [0.29, 0.717) is 31.7 Å². The summed E-state index contributed by atoms with van der Waals surface area (Å²) in [7, 11) is 0. The van der Waals surface area contributed by atoms with Crippen molar-refractivity contribution < 1.29 is 19.1 Å². The van der Waals surface area contributed by atoms with Crippen molar-refractivity contribution in [3.63, 3.8) is 0 Å². The first-order chi connectivity index (χ1) is 12.0. The molecule has 2 aromatic carbocycles. The monoisotopic (exact) mass is 342 g/mol. The van der Waals surface area contributed by atoms with Crippen molar-refractivity contribution in [2.24, 2.45) is 0 Å². The second-order valence-electron chi connectivity index (χ2n) is 5.98. The summed E-state index contributed by atoms with van der Waals surface area (Å²) in [6.45, 7) is 2.45. The maximum atomic E-state index is 13.0. The van der Waals surface area contributed by atoms with E-state index in [1.54, 1.807) is 35.2 Å². The van der Waals surface area contributed by atoms with Crippen molar-refractivity contribution in [2.45, 2.75) is 6.42 Å². The van der Waals surface area contributed by atoms with Gasteiger partial charge in [0.25, 0.3) is 0 Å². The normalized spacial score (nSPS) is 14.4. The van der Waals surface area contributed by atoms with Gasteiger partial charge in [0, 0.05) is 31.9 Å². The molecule has 0 atom stereocenters. The maximum Gasteiger partial charge on any atom is 0.335 e. The zero-order valence-corrected chi connectivity index (χ0v) is 13.7. The minimum atomic E-state index is -1.02. The number of hydrogen-bond acceptors (Lipinski definition) is 3. The average Bonchev–Trinajstić information content (AvgIpc) is 2.63. The van der Waals surface area contributed by atoms with Gasteiger partial charge in [0.1, 0.15) is 5.82 Å². The summed E-state index contributed by atoms with van der Waals surface area (Å²) in [5.41, 5.74) is 1.63. The molecule has 1 aliphatic rings. The van der Waals surface area contributed by atoms with Gasteiger partial charge in [-0.05, 0) is 35.9 Å². The summed E-state index contributed by atoms with van der Waals surface area (Å²) in [5.74, 6) is -1.37. The number of carboxylic acid groups (broad SMARTS) is 1. The lowest BCUT2D eigenvalue weighted by Gasteiger charge is -2.36. The summed E-state index contributed by atoms with van der Waals surface area (Å²) in [6.07, 6.45) is 0.0824. The Labute approximate surface area is 145 Å². The molecule has 1 heterocycles. The van der Waals surface area contributed by atoms with Crippen molar-refractivity contribution in [1.29, 1.82) is 0 Å². The number of hydrogen-bond donors (Lipinski definition) is 1. The Morgan fingerprint density at radius 1 is 0.960 bits per heavy atom. The van der Waals surface area contributed by atoms with Gasteiger partial charge in [-0.15, -0.1) is 0 Å². The molecule has 6 heteroatoms. The second kappa shape index (κ2) is 7.34. The van der Waals surface area contributed by atoms with Crippen LogP contribution < -0.4 is 4.90 Å². The van der Waals surface area contributed by atoms with Crippen LogP contribution in [0.25, 0.3) is 0 Å². The molecule has 0 spiro atoms. The smallest absolute Gasteiger partial charge is 0.335 e. The minimum absolute atomic E-state index is 0.0764. The Kier molecular flexibility index (Phi) is 4.97. The highest BCUT2D eigenvalue weighted by atomic mass is 19.1. The molecule has 5 nitrogen and oxygen atoms in total. The van der Waals surface area contributed by atoms with Crippen molar-refractivity contribution in [1.82, 2.24) is 4.90 Å². The number of nitrogens with zero attached hydrogens (tertiary/aromatic N) is 2. The highest BCUT2D eigenvalue weighted by Crippen LogP contribution is 2.18. The van der Waals surface area contributed by atoms with Crippen molar-refractivity contribution in [3.05, 3.63) is 65.5 Å². The third-order valence-corrected chi connectivity index (χ3v) is 4.41. The van der Waals surface area contributed by atoms with E-state index in [1.165, 1.54) is 18.2 Å². The van der Waals surface area contributed by atoms with Gasteiger partial charge < -0.3 is 14.9 Å². The lowest BCUT2D eigenvalue weighted by atomic mass is 10.0. The number of carbonyl (C=O) groups excluding carboxylic acids is 1. The summed E-state index contributed by atoms with van der Waals surface area (Å²) < 4.78 is 13.0. The molecule has 130 valence electrons. The van der Waals surface area contributed by atoms with Crippen LogP contribution in [0, 0.1) is 5.82 Å². The molecular formula is C19H19FN2O3. The molecule has 2 aromatic rings. The summed E-state index contributed by atoms with van der Waals surface area (Å²) in [6, 6.07) is 12.9. The van der Waals surface area contributed by atoms with Crippen LogP contribution in [0.15, 0.2) is 48.5 Å². The van der Waals surface area contributed by atoms with E-state index < -0.39 is 5.97 Å². The number of rotatable bonds is 4. The van der Waals surface area contributed by atoms with Gasteiger partial charge in [0.2, 0.25) is 5.91 Å². The second-order valence-corrected chi connectivity index (χ2v) is 5.98. The predicted molar refractivity (Wildman–Crippen MR) is 92.3 cm³/mol. The molecule has 0 radical (unpaired) electrons. The number of benzene rings is 2. The lowest BCUT2D eigenvalue weighted by Crippen LogP contribution is -2.49. The largest absolute Gasteiger partial charge is 0.478 e. The number of carbonyl (C=O) groups is 2. The summed E-state index contributed by atoms with van der Waals surface area (Å²) in [5, 5.41) is 9.21. The van der Waals surface area contributed by atoms with Gasteiger partial charge in [0.15, 0.2) is 0 Å². The Hall–Kier alpha value is -2.89. The summed E-state index contributed by atoms with van der Waals surface area (Å²) >= 11 is 0. The van der Waals surface area contributed by atoms with Crippen molar-refractivity contribution in [3.8, 4) is 0 Å². The standard InChI is InChI=1S/C19H19FN2O3/c20-15-5-7-16(8-6-15)21-9-11-22(12-10-21)18(23)13-14-3-1-2-4-17(14)19(24)25/h1-8H,9-13H2,(H,24,25). The Morgan fingerprint density at radius 3 is 2.24 bits per heavy atom. The van der Waals surface area contributed by atoms with Gasteiger partial charge in [0.05, 0.1) is 12.0 Å². The quantitative estimate of drug-likeness (QED) is 0.927. The zero-order valence-electron chi connectivity index (χ0n) is 13.7. The topological polar surface area (TPSA) is 60.9 Å². The molecular weight excluding hydrogens is 323 g/mol. The van der Waals surface area contributed by atoms with Crippen LogP contribution in [0.5, 0.6) is 0 Å². The van der Waals surface area contributed by atoms with Crippen molar-refractivity contribution in [2.75, 3.05) is 31.1 Å². The predicted octanol–water partition coefficient (Wildman–Crippen LogP) is 2.42. The Bertz CT molecular complexity index is 768. The number of carboxylic acids is 1. The molecule has 1 aliphatic heterocycles. The number of anilines is 1. The highest BCUT2D eigenvalue weighted by molar-refractivity contribution is 5.91. The van der Waals surface area contributed by atoms with E-state index in [0.717, 1.165) is 5.69 Å². The molecule has 1 N–H and O–H groups in total. The molecule has 1 fully saturated rings. The van der Waals surface area contributed by atoms with Crippen LogP contribution >= 0.6 is 0 Å². The van der Waals surface area contributed by atoms with Crippen molar-refractivity contribution >= 4 is 17.6 Å². The van der Waals surface area contributed by atoms with E-state index in [2.05, 4.69) is 4.90 Å². The van der Waals surface area contributed by atoms with Crippen LogP contribution in [0.2, 0.25) is 0 Å². The molecule has 0 aromatic heterocycles. The van der Waals surface area contributed by atoms with Gasteiger partial charge in [-0.2, -0.15) is 0 Å². The van der Waals surface area contributed by atoms with Crippen LogP contribution in [0.3, 0.4) is 0 Å². The van der Waals surface area contributed by atoms with E-state index in [1.807, 2.05) is 0 Å². The molecule has 0 bridgehead atoms. The fraction of sp³-hybridized carbons (Fsp3) is 0.263. The SMILES string of the molecule is O=C(O)c1ccccc1CC(=O)N1CCN(c2ccc(F)cc2)CC1. The molecule has 25 heavy (non-hydrogen) atoms. The third kappa shape index (κ3) is 3.96. The fourth-order valence-corrected chi connectivity index (χ4v) is 3.02. The zero-order chi connectivity index (χ0) is 17.8. The van der Waals surface area contributed by atoms with Gasteiger partial charge >= 0.3 is 5.97 Å². The lowest BCUT2D eigenvalue weighted by molar-refractivity contribution is -0.130. The Balaban J connectivity index is 1.60. The van der Waals surface area contributed by atoms with E-state index in [4.69, 9.17) is 0 Å². The number of amides is 1. The maximum absolute atomic E-state index is 13.0. The molecule has 0 saturated carbocycles. The van der Waals surface area contributed by atoms with Crippen LogP contribution in [0.1, 0.15) is 15.9 Å². The molecule has 1 amide bonds. The Morgan fingerprint density at radius 2 is 1.60 bits per heavy atom. The summed E-state index contributed by atoms with van der Waals surface area (Å²) in [4.78, 5) is 27.6. The van der Waals surface area contributed by atoms with E-state index >= 15 is 0 Å². The van der Waals surface area contributed by atoms with Gasteiger partial charge in [-0.1, -0.05) is 18.2 Å². The first-order valence-corrected chi connectivity index (χ1v) is 8.14. The highest BCUT2D eigenvalue weighted by Gasteiger charge is 2.22. The molecule has 0 unspecified atom stereocenters. The van der Waals surface area contributed by atoms with E-state index in [9.17, 15) is 19.1 Å². The van der Waals surface area contributed by atoms with Crippen LogP contribution in [0.4, 0.5) is 10.1 Å². The number of aromatic carboxylic acids is 1. The third-order valence-electron chi connectivity index (χ3n) is 4.41. The minimum Gasteiger partial charge on any atom is -0.478 e. The number of piperazine rings is 1. The number of halogens is 1. The van der Waals surface area contributed by atoms with Gasteiger partial charge in [-0.3, -0.25) is 4.79 Å². The van der Waals surface area contributed by atoms with E-state index in [-0.39, 0.29) is 23.7 Å².